The first kappa shape index (κ1) is 31.2. The third-order valence-corrected chi connectivity index (χ3v) is 17.9. The van der Waals surface area contributed by atoms with E-state index < -0.39 is 0 Å². The van der Waals surface area contributed by atoms with Gasteiger partial charge in [0.25, 0.3) is 0 Å². The summed E-state index contributed by atoms with van der Waals surface area (Å²) in [5.41, 5.74) is 10.9. The van der Waals surface area contributed by atoms with Crippen molar-refractivity contribution in [3.8, 4) is 0 Å². The molecule has 0 heterocycles. The summed E-state index contributed by atoms with van der Waals surface area (Å²) in [7, 11) is 0. The Kier molecular flexibility index (Phi) is 4.59. The molecule has 0 nitrogen and oxygen atoms in total. The Morgan fingerprint density at radius 3 is 1.49 bits per heavy atom. The van der Waals surface area contributed by atoms with E-state index in [9.17, 15) is 0 Å². The van der Waals surface area contributed by atoms with E-state index in [2.05, 4.69) is 104 Å². The van der Waals surface area contributed by atoms with Gasteiger partial charge in [-0.2, -0.15) is 0 Å². The summed E-state index contributed by atoms with van der Waals surface area (Å²) in [4.78, 5) is 0. The maximum absolute atomic E-state index is 2.87. The molecule has 0 amide bonds. The second-order valence-corrected chi connectivity index (χ2v) is 19.0. The van der Waals surface area contributed by atoms with Crippen molar-refractivity contribution in [1.82, 2.24) is 0 Å². The van der Waals surface area contributed by atoms with E-state index in [0.717, 1.165) is 6.42 Å². The fourth-order valence-corrected chi connectivity index (χ4v) is 16.7. The van der Waals surface area contributed by atoms with Crippen molar-refractivity contribution >= 4 is 146 Å². The van der Waals surface area contributed by atoms with Gasteiger partial charge in [0.1, 0.15) is 0 Å². The minimum absolute atomic E-state index is 0. The predicted octanol–water partition coefficient (Wildman–Crippen LogP) is 14.1. The molecule has 59 heavy (non-hydrogen) atoms. The average Bonchev–Trinajstić information content (AvgIpc) is 4.06. The van der Waals surface area contributed by atoms with E-state index in [4.69, 9.17) is 0 Å². The summed E-state index contributed by atoms with van der Waals surface area (Å²) in [5.74, 6) is 0.888. The van der Waals surface area contributed by atoms with E-state index in [-0.39, 0.29) is 70.9 Å². The van der Waals surface area contributed by atoms with Gasteiger partial charge in [0.15, 0.2) is 0 Å². The number of hydrogen-bond donors (Lipinski definition) is 0. The molecule has 0 fully saturated rings. The van der Waals surface area contributed by atoms with Gasteiger partial charge >= 0.3 is 0 Å². The summed E-state index contributed by atoms with van der Waals surface area (Å²) < 4.78 is 0. The fourth-order valence-electron chi connectivity index (χ4n) is 16.7. The van der Waals surface area contributed by atoms with Crippen LogP contribution in [0.5, 0.6) is 0 Å². The van der Waals surface area contributed by atoms with E-state index in [1.165, 1.54) is 64.6 Å². The van der Waals surface area contributed by atoms with Crippen molar-refractivity contribution in [2.24, 2.45) is 5.92 Å². The standard InChI is InChI=1S/C56H24.CH3.Y.Zn/c1-2-19-7-8-29-30(17-19)34-20-5-3-4-6-28(20)54(29)56-32-16-15-26-25-12-11-22-21-9-10-23-24-13-14-27-31(18-33(34)56)42-47-40(27)39(24)45-36(23)35(21)44-37(22)38(25)46-41(26)43(32)53(55(42)56)52-50(46)48(44)49(45)51(47)52;;;/h3-18,33-34,54H,2H2,1H3;1H3;;/q;-1;;. The molecule has 5 aliphatic rings. The van der Waals surface area contributed by atoms with Gasteiger partial charge in [0.2, 0.25) is 0 Å². The summed E-state index contributed by atoms with van der Waals surface area (Å²) >= 11 is 0. The van der Waals surface area contributed by atoms with E-state index in [1.54, 1.807) is 120 Å². The van der Waals surface area contributed by atoms with Gasteiger partial charge < -0.3 is 7.43 Å². The van der Waals surface area contributed by atoms with Crippen molar-refractivity contribution in [3.63, 3.8) is 0 Å². The van der Waals surface area contributed by atoms with Crippen molar-refractivity contribution in [3.05, 3.63) is 143 Å². The zero-order chi connectivity index (χ0) is 34.9. The van der Waals surface area contributed by atoms with E-state index in [0.29, 0.717) is 11.8 Å². The first-order valence-corrected chi connectivity index (χ1v) is 21.0. The number of benzene rings is 11. The predicted molar refractivity (Wildman–Crippen MR) is 242 cm³/mol. The Hall–Kier alpha value is -4.77. The Morgan fingerprint density at radius 2 is 0.898 bits per heavy atom. The molecular formula is C57H27YZn-. The van der Waals surface area contributed by atoms with Crippen LogP contribution in [0.1, 0.15) is 57.7 Å². The Morgan fingerprint density at radius 1 is 0.441 bits per heavy atom. The van der Waals surface area contributed by atoms with Crippen LogP contribution < -0.4 is 5.22 Å². The third-order valence-electron chi connectivity index (χ3n) is 17.9. The fraction of sp³-hybridized carbons (Fsp3) is 0.105. The molecule has 0 N–H and O–H groups in total. The van der Waals surface area contributed by atoms with Crippen LogP contribution in [0.3, 0.4) is 0 Å². The zero-order valence-corrected chi connectivity index (χ0v) is 38.3. The number of hydrogen-bond acceptors (Lipinski definition) is 0. The summed E-state index contributed by atoms with van der Waals surface area (Å²) in [6.45, 7) is 2.33. The van der Waals surface area contributed by atoms with Gasteiger partial charge in [0, 0.05) is 75.4 Å². The largest absolute Gasteiger partial charge is 0.358 e. The summed E-state index contributed by atoms with van der Waals surface area (Å²) in [6.07, 6.45) is 3.94. The summed E-state index contributed by atoms with van der Waals surface area (Å²) in [6, 6.07) is 37.6. The normalized spacial score (nSPS) is 21.7. The quantitative estimate of drug-likeness (QED) is 0.0876. The second-order valence-electron chi connectivity index (χ2n) is 19.0. The van der Waals surface area contributed by atoms with Crippen molar-refractivity contribution in [2.45, 2.75) is 30.6 Å². The molecule has 0 aliphatic heterocycles. The van der Waals surface area contributed by atoms with Crippen molar-refractivity contribution in [2.75, 3.05) is 0 Å². The zero-order valence-electron chi connectivity index (χ0n) is 32.5. The smallest absolute Gasteiger partial charge is 0.0403 e. The maximum Gasteiger partial charge on any atom is 0.0403 e. The number of rotatable bonds is 1. The van der Waals surface area contributed by atoms with Crippen LogP contribution in [0.4, 0.5) is 0 Å². The molecule has 2 heteroatoms. The van der Waals surface area contributed by atoms with E-state index in [1.807, 2.05) is 0 Å². The van der Waals surface area contributed by atoms with Gasteiger partial charge in [-0.15, -0.1) is 0 Å². The number of fused-ring (bicyclic) bond motifs is 4. The topological polar surface area (TPSA) is 0 Å². The molecule has 4 unspecified atom stereocenters. The van der Waals surface area contributed by atoms with Crippen LogP contribution in [-0.2, 0) is 64.0 Å². The molecule has 21 rings (SSSR count). The van der Waals surface area contributed by atoms with Gasteiger partial charge in [-0.3, -0.25) is 0 Å². The van der Waals surface area contributed by atoms with Crippen LogP contribution in [0, 0.1) is 13.3 Å². The van der Waals surface area contributed by atoms with Crippen LogP contribution in [0.2, 0.25) is 0 Å². The molecule has 16 aromatic rings. The molecule has 16 aromatic carbocycles. The molecule has 261 valence electrons. The molecule has 1 spiro atoms. The molecule has 4 atom stereocenters. The van der Waals surface area contributed by atoms with Crippen LogP contribution >= 0.6 is 0 Å². The monoisotopic (exact) mass is 864 g/mol. The maximum atomic E-state index is 2.87. The summed E-state index contributed by atoms with van der Waals surface area (Å²) in [5, 5.41) is 41.7. The van der Waals surface area contributed by atoms with Gasteiger partial charge in [-0.05, 0) is 191 Å². The van der Waals surface area contributed by atoms with Gasteiger partial charge in [-0.25, -0.2) is 0 Å². The first-order chi connectivity index (χ1) is 27.8. The Labute approximate surface area is 374 Å². The van der Waals surface area contributed by atoms with Gasteiger partial charge in [0.05, 0.1) is 0 Å². The molecule has 5 aliphatic carbocycles. The molecule has 0 saturated carbocycles. The molecule has 2 bridgehead atoms. The molecule has 0 aromatic heterocycles. The Bertz CT molecular complexity index is 4630. The van der Waals surface area contributed by atoms with Gasteiger partial charge in [-0.1, -0.05) is 104 Å². The third kappa shape index (κ3) is 2.40. The molecular weight excluding hydrogens is 839 g/mol. The van der Waals surface area contributed by atoms with Crippen LogP contribution in [0.25, 0.3) is 146 Å². The minimum atomic E-state index is -0.177. The van der Waals surface area contributed by atoms with Crippen molar-refractivity contribution < 1.29 is 52.2 Å². The molecule has 0 saturated heterocycles. The number of aryl methyl sites for hydroxylation is 1. The van der Waals surface area contributed by atoms with E-state index >= 15 is 0 Å². The van der Waals surface area contributed by atoms with Crippen molar-refractivity contribution in [1.29, 1.82) is 0 Å². The minimum Gasteiger partial charge on any atom is -0.358 e. The SMILES string of the molecule is CCc1ccc2c(c1)C1c3ccccc3C2C23c4ccc5c6ccc7c8ccc9c%10ccc%11c(c%12c2c2c4c5c4c6c7c5c8c9c6c%10c%11c%12c7c2c4c5c67)=CC13.[CH3-].[Y].[Zn]. The Balaban J connectivity index is 0.00000104. The van der Waals surface area contributed by atoms with Crippen LogP contribution in [-0.4, -0.2) is 0 Å². The van der Waals surface area contributed by atoms with Crippen LogP contribution in [0.15, 0.2) is 91.0 Å². The average molecular weight is 866 g/mol. The first-order valence-electron chi connectivity index (χ1n) is 21.0. The second kappa shape index (κ2) is 8.69. The molecule has 1 radical (unpaired) electrons.